The Morgan fingerprint density at radius 3 is 2.19 bits per heavy atom. The summed E-state index contributed by atoms with van der Waals surface area (Å²) in [7, 11) is 0. The van der Waals surface area contributed by atoms with Crippen molar-refractivity contribution >= 4 is 23.4 Å². The molecule has 0 bridgehead atoms. The van der Waals surface area contributed by atoms with Crippen molar-refractivity contribution in [1.29, 1.82) is 0 Å². The molecule has 0 fully saturated rings. The van der Waals surface area contributed by atoms with E-state index in [9.17, 15) is 14.4 Å². The van der Waals surface area contributed by atoms with Gasteiger partial charge in [-0.15, -0.1) is 0 Å². The summed E-state index contributed by atoms with van der Waals surface area (Å²) in [6.07, 6.45) is 0.875. The van der Waals surface area contributed by atoms with Crippen LogP contribution in [0.4, 0.5) is 5.69 Å². The van der Waals surface area contributed by atoms with Gasteiger partial charge in [0.05, 0.1) is 6.61 Å². The van der Waals surface area contributed by atoms with E-state index in [1.165, 1.54) is 0 Å². The number of ether oxygens (including phenoxy) is 1. The zero-order valence-electron chi connectivity index (χ0n) is 15.2. The summed E-state index contributed by atoms with van der Waals surface area (Å²) in [6, 6.07) is 15.6. The number of carbonyl (C=O) groups is 3. The molecule has 2 rings (SSSR count). The van der Waals surface area contributed by atoms with Gasteiger partial charge in [-0.3, -0.25) is 25.2 Å². The fourth-order valence-electron chi connectivity index (χ4n) is 2.16. The SMILES string of the molecule is CCCOc1ccc(C(=O)NNC(=O)CCC(=O)Nc2ccccc2)cc1. The van der Waals surface area contributed by atoms with Crippen molar-refractivity contribution in [1.82, 2.24) is 10.9 Å². The van der Waals surface area contributed by atoms with E-state index in [-0.39, 0.29) is 18.7 Å². The van der Waals surface area contributed by atoms with E-state index in [1.807, 2.05) is 13.0 Å². The fraction of sp³-hybridized carbons (Fsp3) is 0.250. The number of benzene rings is 2. The second-order valence-electron chi connectivity index (χ2n) is 5.79. The second-order valence-corrected chi connectivity index (χ2v) is 5.79. The number of hydrazine groups is 1. The summed E-state index contributed by atoms with van der Waals surface area (Å²) < 4.78 is 5.45. The Balaban J connectivity index is 1.70. The van der Waals surface area contributed by atoms with Crippen LogP contribution in [0.3, 0.4) is 0 Å². The number of nitrogens with one attached hydrogen (secondary N) is 3. The molecule has 0 spiro atoms. The Morgan fingerprint density at radius 2 is 1.52 bits per heavy atom. The summed E-state index contributed by atoms with van der Waals surface area (Å²) >= 11 is 0. The summed E-state index contributed by atoms with van der Waals surface area (Å²) in [5, 5.41) is 2.69. The van der Waals surface area contributed by atoms with Crippen molar-refractivity contribution in [2.45, 2.75) is 26.2 Å². The second kappa shape index (κ2) is 10.6. The first-order chi connectivity index (χ1) is 13.1. The minimum Gasteiger partial charge on any atom is -0.494 e. The van der Waals surface area contributed by atoms with Gasteiger partial charge in [0.1, 0.15) is 5.75 Å². The van der Waals surface area contributed by atoms with Crippen molar-refractivity contribution in [3.63, 3.8) is 0 Å². The third-order valence-corrected chi connectivity index (χ3v) is 3.54. The average Bonchev–Trinajstić information content (AvgIpc) is 2.70. The molecule has 0 aromatic heterocycles. The Kier molecular flexibility index (Phi) is 7.84. The van der Waals surface area contributed by atoms with Gasteiger partial charge in [0, 0.05) is 24.1 Å². The van der Waals surface area contributed by atoms with Crippen LogP contribution in [0.1, 0.15) is 36.5 Å². The van der Waals surface area contributed by atoms with Gasteiger partial charge in [-0.1, -0.05) is 25.1 Å². The van der Waals surface area contributed by atoms with E-state index >= 15 is 0 Å². The number of anilines is 1. The quantitative estimate of drug-likeness (QED) is 0.623. The Labute approximate surface area is 158 Å². The molecule has 0 saturated heterocycles. The zero-order chi connectivity index (χ0) is 19.5. The van der Waals surface area contributed by atoms with Gasteiger partial charge in [-0.05, 0) is 42.8 Å². The van der Waals surface area contributed by atoms with E-state index in [2.05, 4.69) is 16.2 Å². The highest BCUT2D eigenvalue weighted by Gasteiger charge is 2.10. The van der Waals surface area contributed by atoms with Gasteiger partial charge in [0.2, 0.25) is 11.8 Å². The van der Waals surface area contributed by atoms with Crippen molar-refractivity contribution in [2.24, 2.45) is 0 Å². The lowest BCUT2D eigenvalue weighted by Crippen LogP contribution is -2.41. The van der Waals surface area contributed by atoms with Crippen LogP contribution in [-0.2, 0) is 9.59 Å². The molecule has 2 aromatic rings. The Morgan fingerprint density at radius 1 is 0.852 bits per heavy atom. The normalized spacial score (nSPS) is 9.96. The molecule has 3 N–H and O–H groups in total. The highest BCUT2D eigenvalue weighted by atomic mass is 16.5. The summed E-state index contributed by atoms with van der Waals surface area (Å²) in [5.74, 6) is -0.485. The van der Waals surface area contributed by atoms with Gasteiger partial charge in [-0.25, -0.2) is 0 Å². The molecular formula is C20H23N3O4. The molecule has 2 aromatic carbocycles. The monoisotopic (exact) mass is 369 g/mol. The summed E-state index contributed by atoms with van der Waals surface area (Å²) in [6.45, 7) is 2.62. The van der Waals surface area contributed by atoms with Crippen LogP contribution in [0.25, 0.3) is 0 Å². The Bertz CT molecular complexity index is 761. The molecule has 7 heteroatoms. The van der Waals surface area contributed by atoms with Gasteiger partial charge in [0.25, 0.3) is 5.91 Å². The lowest BCUT2D eigenvalue weighted by Gasteiger charge is -2.09. The number of rotatable bonds is 8. The van der Waals surface area contributed by atoms with Crippen LogP contribution in [0.5, 0.6) is 5.75 Å². The molecule has 3 amide bonds. The van der Waals surface area contributed by atoms with Gasteiger partial charge in [-0.2, -0.15) is 0 Å². The number of carbonyl (C=O) groups excluding carboxylic acids is 3. The lowest BCUT2D eigenvalue weighted by atomic mass is 10.2. The first kappa shape index (κ1) is 20.0. The van der Waals surface area contributed by atoms with E-state index in [1.54, 1.807) is 48.5 Å². The number of para-hydroxylation sites is 1. The number of hydrogen-bond acceptors (Lipinski definition) is 4. The smallest absolute Gasteiger partial charge is 0.269 e. The highest BCUT2D eigenvalue weighted by molar-refractivity contribution is 5.96. The third kappa shape index (κ3) is 7.19. The van der Waals surface area contributed by atoms with Crippen LogP contribution < -0.4 is 20.9 Å². The highest BCUT2D eigenvalue weighted by Crippen LogP contribution is 2.12. The maximum absolute atomic E-state index is 12.0. The molecule has 0 radical (unpaired) electrons. The topological polar surface area (TPSA) is 96.5 Å². The van der Waals surface area contributed by atoms with Crippen molar-refractivity contribution in [3.05, 3.63) is 60.2 Å². The maximum atomic E-state index is 12.0. The van der Waals surface area contributed by atoms with E-state index < -0.39 is 11.8 Å². The van der Waals surface area contributed by atoms with E-state index in [0.717, 1.165) is 6.42 Å². The Hall–Kier alpha value is -3.35. The molecule has 0 saturated carbocycles. The molecule has 0 aliphatic rings. The molecule has 142 valence electrons. The molecule has 7 nitrogen and oxygen atoms in total. The largest absolute Gasteiger partial charge is 0.494 e. The molecular weight excluding hydrogens is 346 g/mol. The van der Waals surface area contributed by atoms with Crippen molar-refractivity contribution in [2.75, 3.05) is 11.9 Å². The lowest BCUT2D eigenvalue weighted by molar-refractivity contribution is -0.124. The number of amides is 3. The predicted octanol–water partition coefficient (Wildman–Crippen LogP) is 2.66. The minimum atomic E-state index is -0.450. The van der Waals surface area contributed by atoms with Crippen LogP contribution in [0.15, 0.2) is 54.6 Å². The van der Waals surface area contributed by atoms with E-state index in [0.29, 0.717) is 23.6 Å². The molecule has 27 heavy (non-hydrogen) atoms. The van der Waals surface area contributed by atoms with Crippen LogP contribution in [-0.4, -0.2) is 24.3 Å². The fourth-order valence-corrected chi connectivity index (χ4v) is 2.16. The van der Waals surface area contributed by atoms with Crippen molar-refractivity contribution < 1.29 is 19.1 Å². The summed E-state index contributed by atoms with van der Waals surface area (Å²) in [4.78, 5) is 35.6. The molecule has 0 aliphatic carbocycles. The van der Waals surface area contributed by atoms with Crippen LogP contribution >= 0.6 is 0 Å². The third-order valence-electron chi connectivity index (χ3n) is 3.54. The first-order valence-corrected chi connectivity index (χ1v) is 8.75. The maximum Gasteiger partial charge on any atom is 0.269 e. The van der Waals surface area contributed by atoms with Gasteiger partial charge in [0.15, 0.2) is 0 Å². The minimum absolute atomic E-state index is 0.0140. The summed E-state index contributed by atoms with van der Waals surface area (Å²) in [5.41, 5.74) is 5.68. The molecule has 0 heterocycles. The van der Waals surface area contributed by atoms with Crippen LogP contribution in [0, 0.1) is 0 Å². The molecule has 0 aliphatic heterocycles. The number of hydrogen-bond donors (Lipinski definition) is 3. The predicted molar refractivity (Wildman–Crippen MR) is 102 cm³/mol. The van der Waals surface area contributed by atoms with Crippen molar-refractivity contribution in [3.8, 4) is 5.75 Å². The average molecular weight is 369 g/mol. The first-order valence-electron chi connectivity index (χ1n) is 8.75. The molecule has 0 unspecified atom stereocenters. The zero-order valence-corrected chi connectivity index (χ0v) is 15.2. The standard InChI is InChI=1S/C20H23N3O4/c1-2-14-27-17-10-8-15(9-11-17)20(26)23-22-19(25)13-12-18(24)21-16-6-4-3-5-7-16/h3-11H,2,12-14H2,1H3,(H,21,24)(H,22,25)(H,23,26). The van der Waals surface area contributed by atoms with Gasteiger partial charge < -0.3 is 10.1 Å². The van der Waals surface area contributed by atoms with Gasteiger partial charge >= 0.3 is 0 Å². The van der Waals surface area contributed by atoms with E-state index in [4.69, 9.17) is 4.74 Å². The molecule has 0 atom stereocenters. The van der Waals surface area contributed by atoms with Crippen LogP contribution in [0.2, 0.25) is 0 Å².